The molecule has 7 heteroatoms. The zero-order chi connectivity index (χ0) is 17.5. The summed E-state index contributed by atoms with van der Waals surface area (Å²) in [6.45, 7) is 3.19. The lowest BCUT2D eigenvalue weighted by molar-refractivity contribution is -0.121. The van der Waals surface area contributed by atoms with Crippen LogP contribution in [0.1, 0.15) is 17.7 Å². The van der Waals surface area contributed by atoms with E-state index in [9.17, 15) is 4.79 Å². The minimum absolute atomic E-state index is 0.0281. The average Bonchev–Trinajstić information content (AvgIpc) is 2.91. The lowest BCUT2D eigenvalue weighted by Gasteiger charge is -2.10. The number of carbonyl (C=O) groups is 1. The van der Waals surface area contributed by atoms with Crippen LogP contribution in [0.3, 0.4) is 0 Å². The minimum atomic E-state index is 0.0281. The summed E-state index contributed by atoms with van der Waals surface area (Å²) in [4.78, 5) is 11.9. The van der Waals surface area contributed by atoms with Gasteiger partial charge in [0.1, 0.15) is 0 Å². The highest BCUT2D eigenvalue weighted by atomic mass is 127. The summed E-state index contributed by atoms with van der Waals surface area (Å²) in [7, 11) is 3.22. The maximum absolute atomic E-state index is 11.9. The zero-order valence-corrected chi connectivity index (χ0v) is 16.3. The topological polar surface area (TPSA) is 65.4 Å². The standard InChI is InChI=1S/C17H22IN3O3/c1-12-14(18)11-20-21(12)9-7-17(22)19-8-6-13-4-5-15(23-2)16(10-13)24-3/h4-5,10-11H,6-9H2,1-3H3,(H,19,22). The summed E-state index contributed by atoms with van der Waals surface area (Å²) in [5, 5.41) is 7.19. The number of aryl methyl sites for hydroxylation is 1. The first-order valence-electron chi connectivity index (χ1n) is 7.70. The minimum Gasteiger partial charge on any atom is -0.493 e. The first kappa shape index (κ1) is 18.6. The summed E-state index contributed by atoms with van der Waals surface area (Å²) >= 11 is 2.24. The molecule has 1 aromatic carbocycles. The van der Waals surface area contributed by atoms with Crippen molar-refractivity contribution in [1.82, 2.24) is 15.1 Å². The van der Waals surface area contributed by atoms with Crippen molar-refractivity contribution < 1.29 is 14.3 Å². The van der Waals surface area contributed by atoms with E-state index in [2.05, 4.69) is 33.0 Å². The van der Waals surface area contributed by atoms with Crippen LogP contribution >= 0.6 is 22.6 Å². The van der Waals surface area contributed by atoms with Gasteiger partial charge in [0, 0.05) is 25.2 Å². The van der Waals surface area contributed by atoms with Gasteiger partial charge in [-0.15, -0.1) is 0 Å². The van der Waals surface area contributed by atoms with E-state index in [0.717, 1.165) is 21.2 Å². The second kappa shape index (κ2) is 8.91. The zero-order valence-electron chi connectivity index (χ0n) is 14.1. The Balaban J connectivity index is 1.77. The fourth-order valence-electron chi connectivity index (χ4n) is 2.33. The first-order valence-corrected chi connectivity index (χ1v) is 8.78. The summed E-state index contributed by atoms with van der Waals surface area (Å²) in [6, 6.07) is 5.78. The fourth-order valence-corrected chi connectivity index (χ4v) is 2.73. The van der Waals surface area contributed by atoms with E-state index in [-0.39, 0.29) is 5.91 Å². The van der Waals surface area contributed by atoms with Crippen LogP contribution in [-0.2, 0) is 17.8 Å². The van der Waals surface area contributed by atoms with Crippen molar-refractivity contribution in [3.63, 3.8) is 0 Å². The summed E-state index contributed by atoms with van der Waals surface area (Å²) in [5.74, 6) is 1.43. The van der Waals surface area contributed by atoms with Gasteiger partial charge in [-0.2, -0.15) is 5.10 Å². The number of nitrogens with zero attached hydrogens (tertiary/aromatic N) is 2. The second-order valence-electron chi connectivity index (χ2n) is 5.34. The number of amides is 1. The van der Waals surface area contributed by atoms with E-state index >= 15 is 0 Å². The number of benzene rings is 1. The number of aromatic nitrogens is 2. The van der Waals surface area contributed by atoms with Crippen LogP contribution in [-0.4, -0.2) is 36.5 Å². The van der Waals surface area contributed by atoms with Crippen LogP contribution in [0, 0.1) is 10.5 Å². The van der Waals surface area contributed by atoms with E-state index in [4.69, 9.17) is 9.47 Å². The van der Waals surface area contributed by atoms with Crippen LogP contribution in [0.25, 0.3) is 0 Å². The third-order valence-corrected chi connectivity index (χ3v) is 4.84. The van der Waals surface area contributed by atoms with Gasteiger partial charge in [0.15, 0.2) is 11.5 Å². The highest BCUT2D eigenvalue weighted by Gasteiger charge is 2.07. The number of nitrogens with one attached hydrogen (secondary N) is 1. The molecule has 0 saturated heterocycles. The van der Waals surface area contributed by atoms with Gasteiger partial charge in [0.05, 0.1) is 24.0 Å². The van der Waals surface area contributed by atoms with Gasteiger partial charge in [0.2, 0.25) is 5.91 Å². The molecular formula is C17H22IN3O3. The SMILES string of the molecule is COc1ccc(CCNC(=O)CCn2ncc(I)c2C)cc1OC. The summed E-state index contributed by atoms with van der Waals surface area (Å²) in [5.41, 5.74) is 2.18. The van der Waals surface area contributed by atoms with Gasteiger partial charge in [-0.3, -0.25) is 9.48 Å². The number of carbonyl (C=O) groups excluding carboxylic acids is 1. The molecule has 6 nitrogen and oxygen atoms in total. The molecule has 0 unspecified atom stereocenters. The molecule has 0 aliphatic rings. The second-order valence-corrected chi connectivity index (χ2v) is 6.50. The lowest BCUT2D eigenvalue weighted by atomic mass is 10.1. The molecule has 1 amide bonds. The Morgan fingerprint density at radius 2 is 2.04 bits per heavy atom. The van der Waals surface area contributed by atoms with Crippen molar-refractivity contribution in [3.8, 4) is 11.5 Å². The number of halogens is 1. The Hall–Kier alpha value is -1.77. The lowest BCUT2D eigenvalue weighted by Crippen LogP contribution is -2.26. The molecule has 0 aliphatic heterocycles. The molecule has 0 aliphatic carbocycles. The molecular weight excluding hydrogens is 421 g/mol. The Labute approximate surface area is 155 Å². The largest absolute Gasteiger partial charge is 0.493 e. The van der Waals surface area contributed by atoms with Crippen molar-refractivity contribution >= 4 is 28.5 Å². The van der Waals surface area contributed by atoms with Crippen LogP contribution in [0.5, 0.6) is 11.5 Å². The third-order valence-electron chi connectivity index (χ3n) is 3.78. The molecule has 0 spiro atoms. The van der Waals surface area contributed by atoms with E-state index < -0.39 is 0 Å². The Morgan fingerprint density at radius 1 is 1.29 bits per heavy atom. The van der Waals surface area contributed by atoms with Gasteiger partial charge in [-0.1, -0.05) is 6.07 Å². The molecule has 1 N–H and O–H groups in total. The van der Waals surface area contributed by atoms with Gasteiger partial charge in [-0.05, 0) is 53.6 Å². The van der Waals surface area contributed by atoms with E-state index in [1.807, 2.05) is 36.0 Å². The summed E-state index contributed by atoms with van der Waals surface area (Å²) < 4.78 is 13.5. The number of hydrogen-bond donors (Lipinski definition) is 1. The quantitative estimate of drug-likeness (QED) is 0.638. The van der Waals surface area contributed by atoms with Crippen molar-refractivity contribution in [2.24, 2.45) is 0 Å². The van der Waals surface area contributed by atoms with E-state index in [1.54, 1.807) is 14.2 Å². The van der Waals surface area contributed by atoms with Crippen LogP contribution in [0.2, 0.25) is 0 Å². The predicted octanol–water partition coefficient (Wildman–Crippen LogP) is 2.56. The predicted molar refractivity (Wildman–Crippen MR) is 101 cm³/mol. The highest BCUT2D eigenvalue weighted by Crippen LogP contribution is 2.27. The Kier molecular flexibility index (Phi) is 6.89. The monoisotopic (exact) mass is 443 g/mol. The summed E-state index contributed by atoms with van der Waals surface area (Å²) in [6.07, 6.45) is 2.97. The van der Waals surface area contributed by atoms with Gasteiger partial charge < -0.3 is 14.8 Å². The number of rotatable bonds is 8. The molecule has 1 aromatic heterocycles. The van der Waals surface area contributed by atoms with Crippen molar-refractivity contribution in [2.75, 3.05) is 20.8 Å². The molecule has 0 saturated carbocycles. The molecule has 1 heterocycles. The fraction of sp³-hybridized carbons (Fsp3) is 0.412. The van der Waals surface area contributed by atoms with Gasteiger partial charge in [0.25, 0.3) is 0 Å². The van der Waals surface area contributed by atoms with Gasteiger partial charge in [-0.25, -0.2) is 0 Å². The molecule has 24 heavy (non-hydrogen) atoms. The van der Waals surface area contributed by atoms with Crippen molar-refractivity contribution in [2.45, 2.75) is 26.3 Å². The van der Waals surface area contributed by atoms with Crippen LogP contribution in [0.15, 0.2) is 24.4 Å². The molecule has 2 aromatic rings. The Morgan fingerprint density at radius 3 is 2.67 bits per heavy atom. The number of methoxy groups -OCH3 is 2. The van der Waals surface area contributed by atoms with Crippen LogP contribution in [0.4, 0.5) is 0 Å². The molecule has 130 valence electrons. The molecule has 0 radical (unpaired) electrons. The van der Waals surface area contributed by atoms with E-state index in [1.165, 1.54) is 0 Å². The maximum Gasteiger partial charge on any atom is 0.221 e. The maximum atomic E-state index is 11.9. The average molecular weight is 443 g/mol. The number of ether oxygens (including phenoxy) is 2. The third kappa shape index (κ3) is 4.86. The smallest absolute Gasteiger partial charge is 0.221 e. The van der Waals surface area contributed by atoms with Crippen molar-refractivity contribution in [1.29, 1.82) is 0 Å². The molecule has 0 atom stereocenters. The van der Waals surface area contributed by atoms with E-state index in [0.29, 0.717) is 31.0 Å². The number of hydrogen-bond acceptors (Lipinski definition) is 4. The first-order chi connectivity index (χ1) is 11.5. The normalized spacial score (nSPS) is 10.5. The van der Waals surface area contributed by atoms with Crippen molar-refractivity contribution in [3.05, 3.63) is 39.2 Å². The highest BCUT2D eigenvalue weighted by molar-refractivity contribution is 14.1. The molecule has 0 bridgehead atoms. The van der Waals surface area contributed by atoms with Gasteiger partial charge >= 0.3 is 0 Å². The van der Waals surface area contributed by atoms with Crippen LogP contribution < -0.4 is 14.8 Å². The molecule has 0 fully saturated rings. The Bertz CT molecular complexity index is 700. The molecule has 2 rings (SSSR count).